The Morgan fingerprint density at radius 1 is 1.18 bits per heavy atom. The van der Waals surface area contributed by atoms with Crippen LogP contribution in [0.1, 0.15) is 11.7 Å². The second-order valence-electron chi connectivity index (χ2n) is 6.53. The van der Waals surface area contributed by atoms with Gasteiger partial charge in [0.05, 0.1) is 20.2 Å². The van der Waals surface area contributed by atoms with Gasteiger partial charge >= 0.3 is 0 Å². The molecule has 1 amide bonds. The van der Waals surface area contributed by atoms with Crippen LogP contribution in [-0.4, -0.2) is 57.3 Å². The zero-order valence-corrected chi connectivity index (χ0v) is 15.6. The molecule has 144 valence electrons. The molecule has 8 nitrogen and oxygen atoms in total. The van der Waals surface area contributed by atoms with Gasteiger partial charge in [0, 0.05) is 12.1 Å². The van der Waals surface area contributed by atoms with Crippen LogP contribution in [0.15, 0.2) is 54.6 Å². The zero-order valence-electron chi connectivity index (χ0n) is 15.6. The number of aromatic nitrogens is 4. The fraction of sp³-hybridized carbons (Fsp3) is 0.300. The van der Waals surface area contributed by atoms with Crippen LogP contribution >= 0.6 is 0 Å². The zero-order chi connectivity index (χ0) is 19.3. The summed E-state index contributed by atoms with van der Waals surface area (Å²) < 4.78 is 11.5. The molecule has 0 radical (unpaired) electrons. The quantitative estimate of drug-likeness (QED) is 0.673. The molecule has 0 bridgehead atoms. The molecule has 2 aromatic carbocycles. The van der Waals surface area contributed by atoms with E-state index in [2.05, 4.69) is 15.4 Å². The van der Waals surface area contributed by atoms with Crippen LogP contribution < -0.4 is 4.74 Å². The Morgan fingerprint density at radius 3 is 2.68 bits per heavy atom. The molecule has 2 heterocycles. The summed E-state index contributed by atoms with van der Waals surface area (Å²) in [5.74, 6) is 1.11. The minimum atomic E-state index is -0.0994. The topological polar surface area (TPSA) is 82.4 Å². The summed E-state index contributed by atoms with van der Waals surface area (Å²) in [6.07, 6.45) is -0.0994. The van der Waals surface area contributed by atoms with Crippen molar-refractivity contribution in [2.45, 2.75) is 6.10 Å². The molecule has 1 aliphatic rings. The van der Waals surface area contributed by atoms with Gasteiger partial charge < -0.3 is 14.4 Å². The van der Waals surface area contributed by atoms with Crippen LogP contribution in [0.5, 0.6) is 5.75 Å². The molecule has 1 aliphatic heterocycles. The summed E-state index contributed by atoms with van der Waals surface area (Å²) >= 11 is 0. The molecule has 1 aromatic heterocycles. The normalized spacial score (nSPS) is 16.8. The molecule has 4 rings (SSSR count). The SMILES string of the molecule is Cn1nnc(-c2ccc(OCC(=O)N3CCOC(c4ccccc4)C3)cc2)n1. The second-order valence-corrected chi connectivity index (χ2v) is 6.53. The first-order valence-corrected chi connectivity index (χ1v) is 9.10. The van der Waals surface area contributed by atoms with Gasteiger partial charge in [-0.05, 0) is 35.0 Å². The summed E-state index contributed by atoms with van der Waals surface area (Å²) in [7, 11) is 1.72. The molecular weight excluding hydrogens is 358 g/mol. The summed E-state index contributed by atoms with van der Waals surface area (Å²) in [6.45, 7) is 1.61. The average Bonchev–Trinajstić information content (AvgIpc) is 3.19. The number of tetrazole rings is 1. The number of carbonyl (C=O) groups is 1. The lowest BCUT2D eigenvalue weighted by Gasteiger charge is -2.33. The number of hydrogen-bond acceptors (Lipinski definition) is 6. The van der Waals surface area contributed by atoms with Crippen molar-refractivity contribution in [2.24, 2.45) is 7.05 Å². The number of amides is 1. The van der Waals surface area contributed by atoms with Crippen molar-refractivity contribution in [3.8, 4) is 17.1 Å². The lowest BCUT2D eigenvalue weighted by Crippen LogP contribution is -2.44. The predicted molar refractivity (Wildman–Crippen MR) is 101 cm³/mol. The van der Waals surface area contributed by atoms with Gasteiger partial charge in [-0.15, -0.1) is 10.2 Å². The maximum Gasteiger partial charge on any atom is 0.260 e. The molecule has 8 heteroatoms. The minimum Gasteiger partial charge on any atom is -0.484 e. The number of nitrogens with zero attached hydrogens (tertiary/aromatic N) is 5. The van der Waals surface area contributed by atoms with Crippen molar-refractivity contribution in [3.63, 3.8) is 0 Å². The number of aryl methyl sites for hydroxylation is 1. The Hall–Kier alpha value is -3.26. The largest absolute Gasteiger partial charge is 0.484 e. The van der Waals surface area contributed by atoms with Gasteiger partial charge in [0.15, 0.2) is 6.61 Å². The van der Waals surface area contributed by atoms with Crippen LogP contribution in [0.4, 0.5) is 0 Å². The number of morpholine rings is 1. The maximum absolute atomic E-state index is 12.6. The lowest BCUT2D eigenvalue weighted by atomic mass is 10.1. The molecule has 1 saturated heterocycles. The Bertz CT molecular complexity index is 927. The fourth-order valence-electron chi connectivity index (χ4n) is 3.08. The van der Waals surface area contributed by atoms with E-state index in [0.29, 0.717) is 31.3 Å². The fourth-order valence-corrected chi connectivity index (χ4v) is 3.08. The smallest absolute Gasteiger partial charge is 0.260 e. The van der Waals surface area contributed by atoms with Gasteiger partial charge in [0.2, 0.25) is 5.82 Å². The van der Waals surface area contributed by atoms with Crippen molar-refractivity contribution in [1.29, 1.82) is 0 Å². The summed E-state index contributed by atoms with van der Waals surface area (Å²) in [4.78, 5) is 15.8. The van der Waals surface area contributed by atoms with Gasteiger partial charge in [0.25, 0.3) is 5.91 Å². The van der Waals surface area contributed by atoms with Gasteiger partial charge in [-0.2, -0.15) is 4.80 Å². The van der Waals surface area contributed by atoms with E-state index in [-0.39, 0.29) is 18.6 Å². The van der Waals surface area contributed by atoms with Crippen molar-refractivity contribution >= 4 is 5.91 Å². The molecular formula is C20H21N5O3. The molecule has 1 fully saturated rings. The van der Waals surface area contributed by atoms with Gasteiger partial charge in [0.1, 0.15) is 11.9 Å². The summed E-state index contributed by atoms with van der Waals surface area (Å²) in [5, 5.41) is 11.9. The highest BCUT2D eigenvalue weighted by Gasteiger charge is 2.25. The van der Waals surface area contributed by atoms with E-state index in [1.165, 1.54) is 4.80 Å². The molecule has 0 saturated carbocycles. The van der Waals surface area contributed by atoms with Crippen molar-refractivity contribution in [2.75, 3.05) is 26.3 Å². The first-order chi connectivity index (χ1) is 13.7. The summed E-state index contributed by atoms with van der Waals surface area (Å²) in [5.41, 5.74) is 1.92. The Balaban J connectivity index is 1.32. The highest BCUT2D eigenvalue weighted by Crippen LogP contribution is 2.22. The van der Waals surface area contributed by atoms with Crippen LogP contribution in [-0.2, 0) is 16.6 Å². The third-order valence-electron chi connectivity index (χ3n) is 4.57. The number of hydrogen-bond donors (Lipinski definition) is 0. The Kier molecular flexibility index (Phi) is 5.29. The Morgan fingerprint density at radius 2 is 1.96 bits per heavy atom. The van der Waals surface area contributed by atoms with Crippen LogP contribution in [0.25, 0.3) is 11.4 Å². The van der Waals surface area contributed by atoms with Gasteiger partial charge in [-0.1, -0.05) is 30.3 Å². The molecule has 0 N–H and O–H groups in total. The molecule has 1 atom stereocenters. The number of rotatable bonds is 5. The molecule has 1 unspecified atom stereocenters. The van der Waals surface area contributed by atoms with Crippen LogP contribution in [0.2, 0.25) is 0 Å². The number of carbonyl (C=O) groups excluding carboxylic acids is 1. The van der Waals surface area contributed by atoms with E-state index < -0.39 is 0 Å². The molecule has 0 spiro atoms. The maximum atomic E-state index is 12.6. The standard InChI is InChI=1S/C20H21N5O3/c1-24-22-20(21-23-24)16-7-9-17(10-8-16)28-14-19(26)25-11-12-27-18(13-25)15-5-3-2-4-6-15/h2-10,18H,11-14H2,1H3. The van der Waals surface area contributed by atoms with Crippen molar-refractivity contribution in [1.82, 2.24) is 25.1 Å². The minimum absolute atomic E-state index is 0.00967. The molecule has 0 aliphatic carbocycles. The first-order valence-electron chi connectivity index (χ1n) is 9.10. The van der Waals surface area contributed by atoms with Gasteiger partial charge in [-0.3, -0.25) is 4.79 Å². The molecule has 3 aromatic rings. The van der Waals surface area contributed by atoms with Crippen molar-refractivity contribution in [3.05, 3.63) is 60.2 Å². The Labute approximate surface area is 162 Å². The highest BCUT2D eigenvalue weighted by atomic mass is 16.5. The van der Waals surface area contributed by atoms with Crippen LogP contribution in [0, 0.1) is 0 Å². The van der Waals surface area contributed by atoms with E-state index in [4.69, 9.17) is 9.47 Å². The molecule has 28 heavy (non-hydrogen) atoms. The highest BCUT2D eigenvalue weighted by molar-refractivity contribution is 5.78. The van der Waals surface area contributed by atoms with Crippen molar-refractivity contribution < 1.29 is 14.3 Å². The van der Waals surface area contributed by atoms with Crippen LogP contribution in [0.3, 0.4) is 0 Å². The second kappa shape index (κ2) is 8.18. The van der Waals surface area contributed by atoms with E-state index in [9.17, 15) is 4.79 Å². The number of benzene rings is 2. The van der Waals surface area contributed by atoms with Gasteiger partial charge in [-0.25, -0.2) is 0 Å². The first kappa shape index (κ1) is 18.1. The summed E-state index contributed by atoms with van der Waals surface area (Å²) in [6, 6.07) is 17.2. The predicted octanol–water partition coefficient (Wildman–Crippen LogP) is 1.86. The van der Waals surface area contributed by atoms with E-state index in [1.54, 1.807) is 24.1 Å². The van der Waals surface area contributed by atoms with E-state index >= 15 is 0 Å². The van der Waals surface area contributed by atoms with E-state index in [0.717, 1.165) is 11.1 Å². The third kappa shape index (κ3) is 4.17. The third-order valence-corrected chi connectivity index (χ3v) is 4.57. The lowest BCUT2D eigenvalue weighted by molar-refractivity contribution is -0.141. The average molecular weight is 379 g/mol. The number of ether oxygens (including phenoxy) is 2. The monoisotopic (exact) mass is 379 g/mol. The van der Waals surface area contributed by atoms with E-state index in [1.807, 2.05) is 42.5 Å².